The normalized spacial score (nSPS) is 20.1. The molecule has 3 heterocycles. The van der Waals surface area contributed by atoms with E-state index in [1.807, 2.05) is 38.1 Å². The summed E-state index contributed by atoms with van der Waals surface area (Å²) in [5, 5.41) is 26.0. The number of aliphatic hydroxyl groups excluding tert-OH is 1. The van der Waals surface area contributed by atoms with Gasteiger partial charge >= 0.3 is 0 Å². The van der Waals surface area contributed by atoms with E-state index in [0.717, 1.165) is 16.8 Å². The Morgan fingerprint density at radius 1 is 1.15 bits per heavy atom. The molecule has 5 rings (SSSR count). The largest absolute Gasteiger partial charge is 0.394 e. The molecule has 2 aromatic carbocycles. The van der Waals surface area contributed by atoms with Crippen LogP contribution < -0.4 is 0 Å². The van der Waals surface area contributed by atoms with E-state index < -0.39 is 11.6 Å². The first-order chi connectivity index (χ1) is 18.4. The summed E-state index contributed by atoms with van der Waals surface area (Å²) in [6, 6.07) is 11.5. The summed E-state index contributed by atoms with van der Waals surface area (Å²) in [4.78, 5) is 30.9. The molecule has 1 unspecified atom stereocenters. The molecule has 0 bridgehead atoms. The lowest BCUT2D eigenvalue weighted by atomic mass is 9.94. The molecule has 0 saturated carbocycles. The Bertz CT molecular complexity index is 1430. The minimum atomic E-state index is -0.964. The van der Waals surface area contributed by atoms with E-state index >= 15 is 0 Å². The number of benzene rings is 2. The van der Waals surface area contributed by atoms with Crippen molar-refractivity contribution < 1.29 is 19.8 Å². The highest BCUT2D eigenvalue weighted by Gasteiger charge is 2.41. The summed E-state index contributed by atoms with van der Waals surface area (Å²) in [5.41, 5.74) is 3.04. The third-order valence-corrected chi connectivity index (χ3v) is 8.60. The summed E-state index contributed by atoms with van der Waals surface area (Å²) in [7, 11) is 0. The molecule has 0 aliphatic carbocycles. The van der Waals surface area contributed by atoms with Crippen LogP contribution in [0.25, 0.3) is 0 Å². The number of rotatable bonds is 5. The molecule has 1 aromatic heterocycles. The second kappa shape index (κ2) is 10.2. The number of halogens is 2. The molecular weight excluding hydrogens is 539 g/mol. The maximum atomic E-state index is 14.0. The van der Waals surface area contributed by atoms with Crippen molar-refractivity contribution in [2.75, 3.05) is 13.2 Å². The zero-order chi connectivity index (χ0) is 28.2. The molecule has 0 spiro atoms. The number of hydrogen-bond donors (Lipinski definition) is 2. The van der Waals surface area contributed by atoms with Crippen LogP contribution in [0.2, 0.25) is 10.0 Å². The standard InChI is InChI=1S/C29H32Cl2N4O4/c1-16-11-25-22(14-33(16)27(37)19-7-10-23(30)24(31)12-19)26-28(38)34(13-21(15-36)35(26)32-25)17(2)18-5-8-20(9-6-18)29(3,4)39/h5-10,12,16-17,21,36,39H,11,13-15H2,1-4H3/t16-,17?,21+/m1/s1. The number of nitrogens with zero attached hydrogens (tertiary/aromatic N) is 4. The number of carbonyl (C=O) groups excluding carboxylic acids is 2. The molecule has 0 radical (unpaired) electrons. The van der Waals surface area contributed by atoms with Crippen molar-refractivity contribution in [2.24, 2.45) is 0 Å². The van der Waals surface area contributed by atoms with E-state index in [-0.39, 0.29) is 37.0 Å². The smallest absolute Gasteiger partial charge is 0.273 e. The van der Waals surface area contributed by atoms with Gasteiger partial charge in [0.1, 0.15) is 5.69 Å². The number of carbonyl (C=O) groups is 2. The molecule has 2 amide bonds. The van der Waals surface area contributed by atoms with Crippen LogP contribution in [0.15, 0.2) is 42.5 Å². The summed E-state index contributed by atoms with van der Waals surface area (Å²) in [6.45, 7) is 7.71. The quantitative estimate of drug-likeness (QED) is 0.461. The van der Waals surface area contributed by atoms with Crippen molar-refractivity contribution in [1.82, 2.24) is 19.6 Å². The molecule has 3 atom stereocenters. The van der Waals surface area contributed by atoms with Crippen LogP contribution in [0.5, 0.6) is 0 Å². The van der Waals surface area contributed by atoms with Gasteiger partial charge in [0.2, 0.25) is 0 Å². The fourth-order valence-electron chi connectivity index (χ4n) is 5.46. The first-order valence-corrected chi connectivity index (χ1v) is 13.8. The molecule has 2 aliphatic rings. The van der Waals surface area contributed by atoms with Crippen LogP contribution in [0.1, 0.15) is 83.0 Å². The fourth-order valence-corrected chi connectivity index (χ4v) is 5.76. The van der Waals surface area contributed by atoms with E-state index in [4.69, 9.17) is 28.3 Å². The second-order valence-corrected chi connectivity index (χ2v) is 11.8. The lowest BCUT2D eigenvalue weighted by Crippen LogP contribution is -2.46. The SMILES string of the molecule is CC(c1ccc(C(C)(C)O)cc1)N1C[C@@H](CO)n2nc3c(c2C1=O)CN(C(=O)c1ccc(Cl)c(Cl)c1)[C@H](C)C3. The van der Waals surface area contributed by atoms with Crippen molar-refractivity contribution >= 4 is 35.0 Å². The van der Waals surface area contributed by atoms with E-state index in [2.05, 4.69) is 0 Å². The number of fused-ring (bicyclic) bond motifs is 3. The highest BCUT2D eigenvalue weighted by molar-refractivity contribution is 6.42. The molecular formula is C29H32Cl2N4O4. The summed E-state index contributed by atoms with van der Waals surface area (Å²) < 4.78 is 1.65. The maximum Gasteiger partial charge on any atom is 0.273 e. The van der Waals surface area contributed by atoms with Crippen LogP contribution in [0.4, 0.5) is 0 Å². The van der Waals surface area contributed by atoms with Crippen molar-refractivity contribution in [2.45, 2.75) is 64.4 Å². The molecule has 0 saturated heterocycles. The van der Waals surface area contributed by atoms with Gasteiger partial charge in [-0.3, -0.25) is 14.3 Å². The van der Waals surface area contributed by atoms with Crippen molar-refractivity contribution in [3.63, 3.8) is 0 Å². The third-order valence-electron chi connectivity index (χ3n) is 7.86. The molecule has 39 heavy (non-hydrogen) atoms. The highest BCUT2D eigenvalue weighted by atomic mass is 35.5. The summed E-state index contributed by atoms with van der Waals surface area (Å²) >= 11 is 12.2. The van der Waals surface area contributed by atoms with Gasteiger partial charge in [0.05, 0.1) is 46.6 Å². The van der Waals surface area contributed by atoms with Crippen molar-refractivity contribution in [3.8, 4) is 0 Å². The Balaban J connectivity index is 1.47. The van der Waals surface area contributed by atoms with Crippen molar-refractivity contribution in [1.29, 1.82) is 0 Å². The van der Waals surface area contributed by atoms with E-state index in [9.17, 15) is 19.8 Å². The van der Waals surface area contributed by atoms with Crippen LogP contribution in [-0.2, 0) is 18.6 Å². The average molecular weight is 572 g/mol. The van der Waals surface area contributed by atoms with Gasteiger partial charge in [-0.1, -0.05) is 47.5 Å². The van der Waals surface area contributed by atoms with Gasteiger partial charge in [-0.25, -0.2) is 0 Å². The maximum absolute atomic E-state index is 14.0. The molecule has 8 nitrogen and oxygen atoms in total. The zero-order valence-corrected chi connectivity index (χ0v) is 23.9. The van der Waals surface area contributed by atoms with Gasteiger partial charge < -0.3 is 20.0 Å². The number of hydrogen-bond acceptors (Lipinski definition) is 5. The number of amides is 2. The summed E-state index contributed by atoms with van der Waals surface area (Å²) in [6.07, 6.45) is 0.488. The molecule has 3 aromatic rings. The summed E-state index contributed by atoms with van der Waals surface area (Å²) in [5.74, 6) is -0.394. The molecule has 206 valence electrons. The first kappa shape index (κ1) is 27.6. The van der Waals surface area contributed by atoms with Crippen LogP contribution in [0, 0.1) is 0 Å². The predicted octanol–water partition coefficient (Wildman–Crippen LogP) is 4.75. The fraction of sp³-hybridized carbons (Fsp3) is 0.414. The van der Waals surface area contributed by atoms with Crippen LogP contribution in [-0.4, -0.2) is 60.8 Å². The Labute approximate surface area is 237 Å². The van der Waals surface area contributed by atoms with E-state index in [1.54, 1.807) is 46.5 Å². The minimum Gasteiger partial charge on any atom is -0.394 e. The van der Waals surface area contributed by atoms with Gasteiger partial charge in [-0.05, 0) is 57.0 Å². The van der Waals surface area contributed by atoms with E-state index in [0.29, 0.717) is 39.8 Å². The van der Waals surface area contributed by atoms with Gasteiger partial charge in [-0.2, -0.15) is 5.10 Å². The Morgan fingerprint density at radius 3 is 2.46 bits per heavy atom. The topological polar surface area (TPSA) is 98.9 Å². The predicted molar refractivity (Wildman–Crippen MR) is 149 cm³/mol. The van der Waals surface area contributed by atoms with E-state index in [1.165, 1.54) is 0 Å². The third kappa shape index (κ3) is 4.95. The number of aromatic nitrogens is 2. The van der Waals surface area contributed by atoms with Crippen molar-refractivity contribution in [3.05, 3.63) is 86.2 Å². The monoisotopic (exact) mass is 570 g/mol. The molecule has 2 aliphatic heterocycles. The lowest BCUT2D eigenvalue weighted by molar-refractivity contribution is 0.0513. The second-order valence-electron chi connectivity index (χ2n) is 11.0. The molecule has 10 heteroatoms. The minimum absolute atomic E-state index is 0.150. The Morgan fingerprint density at radius 2 is 1.85 bits per heavy atom. The Kier molecular flexibility index (Phi) is 7.26. The molecule has 0 fully saturated rings. The van der Waals surface area contributed by atoms with Gasteiger partial charge in [0.15, 0.2) is 0 Å². The first-order valence-electron chi connectivity index (χ1n) is 13.0. The zero-order valence-electron chi connectivity index (χ0n) is 22.4. The van der Waals surface area contributed by atoms with Crippen LogP contribution in [0.3, 0.4) is 0 Å². The number of aliphatic hydroxyl groups is 2. The van der Waals surface area contributed by atoms with Crippen LogP contribution >= 0.6 is 23.2 Å². The lowest BCUT2D eigenvalue weighted by Gasteiger charge is -2.38. The molecule has 2 N–H and O–H groups in total. The highest BCUT2D eigenvalue weighted by Crippen LogP contribution is 2.36. The van der Waals surface area contributed by atoms with Gasteiger partial charge in [0, 0.05) is 30.1 Å². The Hall–Kier alpha value is -2.91. The average Bonchev–Trinajstić information content (AvgIpc) is 3.27. The van der Waals surface area contributed by atoms with Gasteiger partial charge in [0.25, 0.3) is 11.8 Å². The van der Waals surface area contributed by atoms with Gasteiger partial charge in [-0.15, -0.1) is 0 Å².